The van der Waals surface area contributed by atoms with Crippen molar-refractivity contribution in [2.75, 3.05) is 0 Å². The van der Waals surface area contributed by atoms with Gasteiger partial charge in [-0.3, -0.25) is 0 Å². The van der Waals surface area contributed by atoms with Crippen LogP contribution in [-0.2, 0) is 0 Å². The Morgan fingerprint density at radius 1 is 0.359 bits per heavy atom. The van der Waals surface area contributed by atoms with E-state index in [1.165, 1.54) is 31.8 Å². The Kier molecular flexibility index (Phi) is 7.46. The van der Waals surface area contributed by atoms with Gasteiger partial charge in [-0.1, -0.05) is 121 Å². The summed E-state index contributed by atoms with van der Waals surface area (Å²) >= 11 is 1.77. The fourth-order valence-corrected chi connectivity index (χ4v) is 10.9. The number of rotatable bonds is 5. The third-order valence-corrected chi connectivity index (χ3v) is 13.9. The molecule has 7 heteroatoms. The Bertz CT molecular complexity index is 4210. The maximum atomic E-state index is 6.60. The summed E-state index contributed by atoms with van der Waals surface area (Å²) < 4.78 is 17.7. The SMILES string of the molecule is c1ccc(-n2c3ccccc3c3ccc(-c4ccc5oc6cccc(-c7nc(-c8ccc9c(c8)oc8ccccc89)nc(-c8cccc9c8sc8ccccc89)n7)c6c5c4)cc32)cc1. The zero-order valence-corrected chi connectivity index (χ0v) is 34.8. The summed E-state index contributed by atoms with van der Waals surface area (Å²) in [5, 5.41) is 8.92. The summed E-state index contributed by atoms with van der Waals surface area (Å²) in [7, 11) is 0. The number of fused-ring (bicyclic) bond motifs is 12. The van der Waals surface area contributed by atoms with Gasteiger partial charge in [-0.25, -0.2) is 15.0 Å². The van der Waals surface area contributed by atoms with Gasteiger partial charge in [0.15, 0.2) is 17.5 Å². The van der Waals surface area contributed by atoms with Crippen LogP contribution in [0.2, 0.25) is 0 Å². The van der Waals surface area contributed by atoms with Crippen molar-refractivity contribution in [3.05, 3.63) is 194 Å². The fraction of sp³-hybridized carbons (Fsp3) is 0. The minimum Gasteiger partial charge on any atom is -0.456 e. The highest BCUT2D eigenvalue weighted by Crippen LogP contribution is 2.43. The van der Waals surface area contributed by atoms with E-state index in [0.717, 1.165) is 87.6 Å². The summed E-state index contributed by atoms with van der Waals surface area (Å²) in [5.41, 5.74) is 11.5. The largest absolute Gasteiger partial charge is 0.456 e. The second kappa shape index (κ2) is 13.6. The van der Waals surface area contributed by atoms with Crippen molar-refractivity contribution < 1.29 is 8.83 Å². The van der Waals surface area contributed by atoms with E-state index in [4.69, 9.17) is 23.8 Å². The number of hydrogen-bond donors (Lipinski definition) is 0. The van der Waals surface area contributed by atoms with E-state index < -0.39 is 0 Å². The zero-order valence-electron chi connectivity index (χ0n) is 34.0. The average Bonchev–Trinajstić information content (AvgIpc) is 4.12. The van der Waals surface area contributed by atoms with Crippen LogP contribution in [0.3, 0.4) is 0 Å². The minimum absolute atomic E-state index is 0.563. The van der Waals surface area contributed by atoms with Gasteiger partial charge in [0.2, 0.25) is 0 Å². The molecule has 14 rings (SSSR count). The quantitative estimate of drug-likeness (QED) is 0.173. The molecule has 0 unspecified atom stereocenters. The molecule has 6 nitrogen and oxygen atoms in total. The lowest BCUT2D eigenvalue weighted by Crippen LogP contribution is -2.00. The highest BCUT2D eigenvalue weighted by atomic mass is 32.1. The number of aromatic nitrogens is 4. The summed E-state index contributed by atoms with van der Waals surface area (Å²) in [6, 6.07) is 68.0. The Hall–Kier alpha value is -8.39. The van der Waals surface area contributed by atoms with Crippen molar-refractivity contribution in [1.29, 1.82) is 0 Å². The van der Waals surface area contributed by atoms with Crippen molar-refractivity contribution in [2.24, 2.45) is 0 Å². The normalized spacial score (nSPS) is 12.1. The molecular weight excluding hydrogens is 805 g/mol. The van der Waals surface area contributed by atoms with Gasteiger partial charge in [0.25, 0.3) is 0 Å². The van der Waals surface area contributed by atoms with Crippen molar-refractivity contribution in [3.8, 4) is 51.0 Å². The Morgan fingerprint density at radius 2 is 0.969 bits per heavy atom. The van der Waals surface area contributed by atoms with E-state index >= 15 is 0 Å². The summed E-state index contributed by atoms with van der Waals surface area (Å²) in [6.07, 6.45) is 0. The van der Waals surface area contributed by atoms with Gasteiger partial charge in [0.05, 0.1) is 11.0 Å². The first-order chi connectivity index (χ1) is 31.7. The van der Waals surface area contributed by atoms with Gasteiger partial charge < -0.3 is 13.4 Å². The standard InChI is InChI=1S/C57H32N4O2S/c1-2-12-36(13-3-1)61-46-20-7-4-14-37(46)38-27-24-34(31-47(38)61)33-26-29-49-45(30-33)53-43(18-11-22-50(53)62-49)56-58-55(35-25-28-40-39-15-5-8-21-48(39)63-51(40)32-35)59-57(60-56)44-19-10-17-42-41-16-6-9-23-52(41)64-54(42)44/h1-32H. The Morgan fingerprint density at radius 3 is 1.89 bits per heavy atom. The van der Waals surface area contributed by atoms with E-state index in [1.807, 2.05) is 36.4 Å². The zero-order chi connectivity index (χ0) is 41.9. The van der Waals surface area contributed by atoms with Crippen molar-refractivity contribution in [1.82, 2.24) is 19.5 Å². The maximum Gasteiger partial charge on any atom is 0.165 e. The van der Waals surface area contributed by atoms with Crippen LogP contribution in [0.4, 0.5) is 0 Å². The number of thiophene rings is 1. The molecular formula is C57H32N4O2S. The predicted octanol–water partition coefficient (Wildman–Crippen LogP) is 15.8. The maximum absolute atomic E-state index is 6.60. The van der Waals surface area contributed by atoms with Gasteiger partial charge in [-0.2, -0.15) is 0 Å². The number of furan rings is 2. The minimum atomic E-state index is 0.563. The highest BCUT2D eigenvalue weighted by molar-refractivity contribution is 7.26. The lowest BCUT2D eigenvalue weighted by molar-refractivity contribution is 0.668. The molecule has 0 aliphatic heterocycles. The molecule has 5 heterocycles. The molecule has 0 bridgehead atoms. The molecule has 0 aliphatic carbocycles. The van der Waals surface area contributed by atoms with E-state index in [0.29, 0.717) is 17.5 Å². The first kappa shape index (κ1) is 35.2. The predicted molar refractivity (Wildman–Crippen MR) is 263 cm³/mol. The average molecular weight is 837 g/mol. The van der Waals surface area contributed by atoms with Crippen LogP contribution in [0.1, 0.15) is 0 Å². The van der Waals surface area contributed by atoms with Crippen molar-refractivity contribution in [3.63, 3.8) is 0 Å². The molecule has 0 N–H and O–H groups in total. The lowest BCUT2D eigenvalue weighted by atomic mass is 9.99. The van der Waals surface area contributed by atoms with Crippen LogP contribution in [0.15, 0.2) is 203 Å². The van der Waals surface area contributed by atoms with Crippen LogP contribution in [0.5, 0.6) is 0 Å². The summed E-state index contributed by atoms with van der Waals surface area (Å²) in [4.78, 5) is 15.9. The summed E-state index contributed by atoms with van der Waals surface area (Å²) in [5.74, 6) is 1.73. The molecule has 0 fully saturated rings. The molecule has 0 amide bonds. The molecule has 0 saturated carbocycles. The second-order valence-electron chi connectivity index (χ2n) is 16.3. The number of nitrogens with zero attached hydrogens (tertiary/aromatic N) is 4. The van der Waals surface area contributed by atoms with E-state index in [9.17, 15) is 0 Å². The van der Waals surface area contributed by atoms with Gasteiger partial charge in [0, 0.05) is 74.9 Å². The Labute approximate surface area is 368 Å². The van der Waals surface area contributed by atoms with E-state index in [2.05, 4.69) is 162 Å². The van der Waals surface area contributed by atoms with Crippen LogP contribution in [-0.4, -0.2) is 19.5 Å². The molecule has 0 radical (unpaired) electrons. The molecule has 0 aliphatic rings. The number of hydrogen-bond acceptors (Lipinski definition) is 6. The molecule has 0 atom stereocenters. The lowest BCUT2D eigenvalue weighted by Gasteiger charge is -2.10. The molecule has 5 aromatic heterocycles. The van der Waals surface area contributed by atoms with Gasteiger partial charge in [-0.05, 0) is 83.9 Å². The first-order valence-corrected chi connectivity index (χ1v) is 22.1. The van der Waals surface area contributed by atoms with Crippen LogP contribution in [0, 0.1) is 0 Å². The Balaban J connectivity index is 0.980. The highest BCUT2D eigenvalue weighted by Gasteiger charge is 2.21. The smallest absolute Gasteiger partial charge is 0.165 e. The third-order valence-electron chi connectivity index (χ3n) is 12.7. The van der Waals surface area contributed by atoms with Crippen LogP contribution >= 0.6 is 11.3 Å². The molecule has 14 aromatic rings. The van der Waals surface area contributed by atoms with Gasteiger partial charge >= 0.3 is 0 Å². The van der Waals surface area contributed by atoms with Crippen LogP contribution in [0.25, 0.3) is 137 Å². The fourth-order valence-electron chi connectivity index (χ4n) is 9.73. The number of benzene rings is 9. The van der Waals surface area contributed by atoms with Gasteiger partial charge in [-0.15, -0.1) is 11.3 Å². The molecule has 0 saturated heterocycles. The number of para-hydroxylation sites is 3. The second-order valence-corrected chi connectivity index (χ2v) is 17.4. The molecule has 64 heavy (non-hydrogen) atoms. The molecule has 9 aromatic carbocycles. The topological polar surface area (TPSA) is 69.9 Å². The van der Waals surface area contributed by atoms with Gasteiger partial charge in [0.1, 0.15) is 22.3 Å². The van der Waals surface area contributed by atoms with Crippen molar-refractivity contribution in [2.45, 2.75) is 0 Å². The van der Waals surface area contributed by atoms with Crippen LogP contribution < -0.4 is 0 Å². The monoisotopic (exact) mass is 836 g/mol. The summed E-state index contributed by atoms with van der Waals surface area (Å²) in [6.45, 7) is 0. The third kappa shape index (κ3) is 5.28. The molecule has 0 spiro atoms. The van der Waals surface area contributed by atoms with E-state index in [-0.39, 0.29) is 0 Å². The van der Waals surface area contributed by atoms with Crippen molar-refractivity contribution >= 4 is 97.2 Å². The molecule has 298 valence electrons. The van der Waals surface area contributed by atoms with E-state index in [1.54, 1.807) is 11.3 Å². The first-order valence-electron chi connectivity index (χ1n) is 21.3.